The van der Waals surface area contributed by atoms with E-state index in [0.29, 0.717) is 19.4 Å². The first-order valence-corrected chi connectivity index (χ1v) is 4.09. The molecule has 0 aliphatic carbocycles. The van der Waals surface area contributed by atoms with Crippen LogP contribution in [0.15, 0.2) is 0 Å². The Labute approximate surface area is 70.5 Å². The standard InChI is InChI=1S/C8H13FO3/c1-5-4-6(2-3-12-5)7(9)8(10)11/h5-7H,2-4H2,1H3,(H,10,11). The normalized spacial score (nSPS) is 32.8. The van der Waals surface area contributed by atoms with E-state index in [1.807, 2.05) is 6.92 Å². The zero-order valence-corrected chi connectivity index (χ0v) is 7.00. The third-order valence-corrected chi connectivity index (χ3v) is 2.18. The quantitative estimate of drug-likeness (QED) is 0.688. The molecule has 12 heavy (non-hydrogen) atoms. The first-order chi connectivity index (χ1) is 5.61. The summed E-state index contributed by atoms with van der Waals surface area (Å²) in [6.07, 6.45) is -0.719. The lowest BCUT2D eigenvalue weighted by Gasteiger charge is -2.27. The van der Waals surface area contributed by atoms with Gasteiger partial charge in [0, 0.05) is 12.5 Å². The molecule has 0 aromatic rings. The summed E-state index contributed by atoms with van der Waals surface area (Å²) < 4.78 is 18.1. The number of carboxylic acids is 1. The summed E-state index contributed by atoms with van der Waals surface area (Å²) in [4.78, 5) is 10.3. The lowest BCUT2D eigenvalue weighted by Crippen LogP contribution is -2.33. The lowest BCUT2D eigenvalue weighted by molar-refractivity contribution is -0.147. The maximum absolute atomic E-state index is 12.9. The Kier molecular flexibility index (Phi) is 3.03. The molecule has 70 valence electrons. The van der Waals surface area contributed by atoms with Gasteiger partial charge in [-0.15, -0.1) is 0 Å². The number of hydrogen-bond acceptors (Lipinski definition) is 2. The molecule has 0 aromatic heterocycles. The summed E-state index contributed by atoms with van der Waals surface area (Å²) in [5, 5.41) is 8.40. The van der Waals surface area contributed by atoms with Crippen molar-refractivity contribution in [3.8, 4) is 0 Å². The van der Waals surface area contributed by atoms with Gasteiger partial charge in [-0.2, -0.15) is 0 Å². The molecule has 0 bridgehead atoms. The van der Waals surface area contributed by atoms with Crippen LogP contribution in [-0.4, -0.2) is 30.0 Å². The highest BCUT2D eigenvalue weighted by Crippen LogP contribution is 2.24. The van der Waals surface area contributed by atoms with Crippen molar-refractivity contribution in [2.45, 2.75) is 32.0 Å². The Morgan fingerprint density at radius 2 is 2.42 bits per heavy atom. The fraction of sp³-hybridized carbons (Fsp3) is 0.875. The van der Waals surface area contributed by atoms with Crippen LogP contribution in [0.1, 0.15) is 19.8 Å². The monoisotopic (exact) mass is 176 g/mol. The number of hydrogen-bond donors (Lipinski definition) is 1. The largest absolute Gasteiger partial charge is 0.479 e. The van der Waals surface area contributed by atoms with Crippen LogP contribution in [0.4, 0.5) is 4.39 Å². The van der Waals surface area contributed by atoms with E-state index < -0.39 is 12.1 Å². The maximum Gasteiger partial charge on any atom is 0.338 e. The van der Waals surface area contributed by atoms with Gasteiger partial charge in [-0.25, -0.2) is 9.18 Å². The average Bonchev–Trinajstić information content (AvgIpc) is 2.03. The van der Waals surface area contributed by atoms with Crippen LogP contribution in [0.25, 0.3) is 0 Å². The average molecular weight is 176 g/mol. The molecule has 3 unspecified atom stereocenters. The van der Waals surface area contributed by atoms with Gasteiger partial charge in [0.15, 0.2) is 6.17 Å². The van der Waals surface area contributed by atoms with Crippen molar-refractivity contribution >= 4 is 5.97 Å². The van der Waals surface area contributed by atoms with Crippen molar-refractivity contribution in [2.24, 2.45) is 5.92 Å². The minimum absolute atomic E-state index is 0.0126. The van der Waals surface area contributed by atoms with Crippen molar-refractivity contribution in [2.75, 3.05) is 6.61 Å². The number of aliphatic carboxylic acids is 1. The molecule has 0 spiro atoms. The highest BCUT2D eigenvalue weighted by atomic mass is 19.1. The third-order valence-electron chi connectivity index (χ3n) is 2.18. The Morgan fingerprint density at radius 3 is 2.92 bits per heavy atom. The summed E-state index contributed by atoms with van der Waals surface area (Å²) in [5.74, 6) is -1.72. The summed E-state index contributed by atoms with van der Waals surface area (Å²) in [5.41, 5.74) is 0. The fourth-order valence-corrected chi connectivity index (χ4v) is 1.50. The van der Waals surface area contributed by atoms with E-state index in [1.165, 1.54) is 0 Å². The Hall–Kier alpha value is -0.640. The zero-order chi connectivity index (χ0) is 9.14. The maximum atomic E-state index is 12.9. The first-order valence-electron chi connectivity index (χ1n) is 4.09. The van der Waals surface area contributed by atoms with Crippen molar-refractivity contribution in [3.63, 3.8) is 0 Å². The Bertz CT molecular complexity index is 172. The van der Waals surface area contributed by atoms with Gasteiger partial charge in [0.1, 0.15) is 0 Å². The van der Waals surface area contributed by atoms with Gasteiger partial charge in [0.2, 0.25) is 0 Å². The second-order valence-electron chi connectivity index (χ2n) is 3.21. The van der Waals surface area contributed by atoms with Crippen molar-refractivity contribution in [1.82, 2.24) is 0 Å². The van der Waals surface area contributed by atoms with Gasteiger partial charge in [-0.1, -0.05) is 0 Å². The van der Waals surface area contributed by atoms with E-state index in [-0.39, 0.29) is 12.0 Å². The topological polar surface area (TPSA) is 46.5 Å². The minimum atomic E-state index is -1.73. The van der Waals surface area contributed by atoms with Crippen molar-refractivity contribution < 1.29 is 19.0 Å². The second-order valence-corrected chi connectivity index (χ2v) is 3.21. The lowest BCUT2D eigenvalue weighted by atomic mass is 9.92. The predicted molar refractivity (Wildman–Crippen MR) is 40.7 cm³/mol. The molecular formula is C8H13FO3. The van der Waals surface area contributed by atoms with E-state index in [2.05, 4.69) is 0 Å². The van der Waals surface area contributed by atoms with Gasteiger partial charge in [-0.3, -0.25) is 0 Å². The molecule has 1 rings (SSSR count). The summed E-state index contributed by atoms with van der Waals surface area (Å²) in [6.45, 7) is 2.31. The molecule has 3 atom stereocenters. The summed E-state index contributed by atoms with van der Waals surface area (Å²) >= 11 is 0. The van der Waals surface area contributed by atoms with Gasteiger partial charge < -0.3 is 9.84 Å². The number of alkyl halides is 1. The van der Waals surface area contributed by atoms with Gasteiger partial charge in [-0.05, 0) is 19.8 Å². The van der Waals surface area contributed by atoms with Crippen LogP contribution in [0.5, 0.6) is 0 Å². The molecule has 4 heteroatoms. The minimum Gasteiger partial charge on any atom is -0.479 e. The van der Waals surface area contributed by atoms with Crippen LogP contribution in [0.3, 0.4) is 0 Å². The van der Waals surface area contributed by atoms with Gasteiger partial charge >= 0.3 is 5.97 Å². The number of carbonyl (C=O) groups is 1. The number of rotatable bonds is 2. The molecule has 1 aliphatic rings. The molecule has 1 saturated heterocycles. The number of ether oxygens (including phenoxy) is 1. The van der Waals surface area contributed by atoms with Crippen LogP contribution in [0, 0.1) is 5.92 Å². The van der Waals surface area contributed by atoms with Gasteiger partial charge in [0.05, 0.1) is 6.10 Å². The van der Waals surface area contributed by atoms with E-state index in [1.54, 1.807) is 0 Å². The second kappa shape index (κ2) is 3.85. The fourth-order valence-electron chi connectivity index (χ4n) is 1.50. The van der Waals surface area contributed by atoms with E-state index in [0.717, 1.165) is 0 Å². The molecule has 0 aromatic carbocycles. The molecule has 1 N–H and O–H groups in total. The number of halogens is 1. The molecular weight excluding hydrogens is 163 g/mol. The third kappa shape index (κ3) is 2.17. The SMILES string of the molecule is CC1CC(C(F)C(=O)O)CCO1. The summed E-state index contributed by atoms with van der Waals surface area (Å²) in [6, 6.07) is 0. The van der Waals surface area contributed by atoms with Crippen LogP contribution in [-0.2, 0) is 9.53 Å². The van der Waals surface area contributed by atoms with Crippen molar-refractivity contribution in [3.05, 3.63) is 0 Å². The van der Waals surface area contributed by atoms with Crippen LogP contribution in [0.2, 0.25) is 0 Å². The Morgan fingerprint density at radius 1 is 1.75 bits per heavy atom. The molecule has 3 nitrogen and oxygen atoms in total. The van der Waals surface area contributed by atoms with Gasteiger partial charge in [0.25, 0.3) is 0 Å². The smallest absolute Gasteiger partial charge is 0.338 e. The van der Waals surface area contributed by atoms with Crippen molar-refractivity contribution in [1.29, 1.82) is 0 Å². The summed E-state index contributed by atoms with van der Waals surface area (Å²) in [7, 11) is 0. The van der Waals surface area contributed by atoms with E-state index >= 15 is 0 Å². The predicted octanol–water partition coefficient (Wildman–Crippen LogP) is 1.22. The van der Waals surface area contributed by atoms with Crippen LogP contribution < -0.4 is 0 Å². The molecule has 0 saturated carbocycles. The molecule has 0 radical (unpaired) electrons. The molecule has 0 amide bonds. The van der Waals surface area contributed by atoms with E-state index in [4.69, 9.17) is 9.84 Å². The molecule has 1 aliphatic heterocycles. The molecule has 1 fully saturated rings. The zero-order valence-electron chi connectivity index (χ0n) is 7.00. The number of carboxylic acid groups (broad SMARTS) is 1. The highest BCUT2D eigenvalue weighted by Gasteiger charge is 2.31. The highest BCUT2D eigenvalue weighted by molar-refractivity contribution is 5.72. The van der Waals surface area contributed by atoms with E-state index in [9.17, 15) is 9.18 Å². The van der Waals surface area contributed by atoms with Crippen LogP contribution >= 0.6 is 0 Å². The molecule has 1 heterocycles. The Balaban J connectivity index is 2.45. The first kappa shape index (κ1) is 9.45.